The highest BCUT2D eigenvalue weighted by atomic mass is 32.1. The average Bonchev–Trinajstić information content (AvgIpc) is 3.04. The Hall–Kier alpha value is -1.66. The normalized spacial score (nSPS) is 14.1. The summed E-state index contributed by atoms with van der Waals surface area (Å²) in [5.41, 5.74) is 4.79. The Kier molecular flexibility index (Phi) is 3.58. The third-order valence-electron chi connectivity index (χ3n) is 3.75. The van der Waals surface area contributed by atoms with E-state index < -0.39 is 0 Å². The van der Waals surface area contributed by atoms with Crippen LogP contribution < -0.4 is 11.3 Å². The predicted molar refractivity (Wildman–Crippen MR) is 78.7 cm³/mol. The van der Waals surface area contributed by atoms with Crippen LogP contribution in [0.25, 0.3) is 0 Å². The van der Waals surface area contributed by atoms with E-state index in [0.29, 0.717) is 4.88 Å². The minimum absolute atomic E-state index is 0.231. The van der Waals surface area contributed by atoms with Gasteiger partial charge in [-0.1, -0.05) is 0 Å². The highest BCUT2D eigenvalue weighted by Crippen LogP contribution is 2.25. The molecule has 0 bridgehead atoms. The van der Waals surface area contributed by atoms with Gasteiger partial charge in [0.2, 0.25) is 0 Å². The summed E-state index contributed by atoms with van der Waals surface area (Å²) in [5.74, 6) is 5.99. The molecule has 3 N–H and O–H groups in total. The van der Waals surface area contributed by atoms with Gasteiger partial charge in [0.15, 0.2) is 0 Å². The fourth-order valence-electron chi connectivity index (χ4n) is 2.76. The molecule has 5 nitrogen and oxygen atoms in total. The molecule has 0 saturated heterocycles. The Morgan fingerprint density at radius 3 is 3.05 bits per heavy atom. The van der Waals surface area contributed by atoms with Crippen LogP contribution in [-0.4, -0.2) is 15.5 Å². The van der Waals surface area contributed by atoms with Crippen LogP contribution in [-0.2, 0) is 19.4 Å². The Morgan fingerprint density at radius 1 is 1.45 bits per heavy atom. The van der Waals surface area contributed by atoms with Gasteiger partial charge < -0.3 is 4.57 Å². The zero-order valence-electron chi connectivity index (χ0n) is 11.5. The van der Waals surface area contributed by atoms with Gasteiger partial charge >= 0.3 is 0 Å². The van der Waals surface area contributed by atoms with E-state index in [2.05, 4.69) is 21.9 Å². The minimum Gasteiger partial charge on any atom is -0.327 e. The van der Waals surface area contributed by atoms with Crippen LogP contribution in [0.3, 0.4) is 0 Å². The molecule has 6 heteroatoms. The topological polar surface area (TPSA) is 72.9 Å². The average molecular weight is 290 g/mol. The van der Waals surface area contributed by atoms with Crippen LogP contribution >= 0.6 is 11.3 Å². The van der Waals surface area contributed by atoms with Crippen molar-refractivity contribution in [2.24, 2.45) is 5.84 Å². The number of hydrazine groups is 1. The molecule has 3 rings (SSSR count). The second-order valence-electron chi connectivity index (χ2n) is 5.09. The molecule has 20 heavy (non-hydrogen) atoms. The molecule has 2 aromatic heterocycles. The van der Waals surface area contributed by atoms with Crippen molar-refractivity contribution in [1.29, 1.82) is 0 Å². The van der Waals surface area contributed by atoms with Gasteiger partial charge in [-0.2, -0.15) is 0 Å². The second kappa shape index (κ2) is 5.38. The number of hydrogen-bond acceptors (Lipinski definition) is 4. The van der Waals surface area contributed by atoms with E-state index in [1.807, 2.05) is 12.1 Å². The molecule has 1 aliphatic rings. The molecule has 2 heterocycles. The number of imidazole rings is 1. The molecule has 0 aromatic carbocycles. The Bertz CT molecular complexity index is 644. The van der Waals surface area contributed by atoms with Gasteiger partial charge in [-0.3, -0.25) is 10.2 Å². The Morgan fingerprint density at radius 2 is 2.25 bits per heavy atom. The van der Waals surface area contributed by atoms with Crippen molar-refractivity contribution in [3.8, 4) is 0 Å². The number of nitrogens with zero attached hydrogens (tertiary/aromatic N) is 2. The predicted octanol–water partition coefficient (Wildman–Crippen LogP) is 1.78. The molecule has 0 saturated carbocycles. The number of nitrogen functional groups attached to an aromatic ring is 1. The standard InChI is InChI=1S/C14H18N4OS/c1-9-16-11-4-2-3-5-12(11)18(9)8-10-6-7-13(20-10)14(19)17-15/h6-7H,2-5,8,15H2,1H3,(H,17,19). The molecule has 0 spiro atoms. The van der Waals surface area contributed by atoms with E-state index in [0.717, 1.165) is 30.1 Å². The maximum Gasteiger partial charge on any atom is 0.275 e. The minimum atomic E-state index is -0.231. The number of carbonyl (C=O) groups is 1. The Labute approximate surface area is 121 Å². The smallest absolute Gasteiger partial charge is 0.275 e. The van der Waals surface area contributed by atoms with Crippen molar-refractivity contribution in [3.05, 3.63) is 39.1 Å². The number of nitrogens with two attached hydrogens (primary N) is 1. The molecular weight excluding hydrogens is 272 g/mol. The lowest BCUT2D eigenvalue weighted by atomic mass is 10.0. The lowest BCUT2D eigenvalue weighted by molar-refractivity contribution is 0.0957. The zero-order valence-corrected chi connectivity index (χ0v) is 12.3. The summed E-state index contributed by atoms with van der Waals surface area (Å²) in [4.78, 5) is 18.0. The van der Waals surface area contributed by atoms with Crippen LogP contribution in [0.15, 0.2) is 12.1 Å². The molecule has 106 valence electrons. The fraction of sp³-hybridized carbons (Fsp3) is 0.429. The number of amides is 1. The molecule has 1 aliphatic carbocycles. The molecular formula is C14H18N4OS. The molecule has 0 fully saturated rings. The van der Waals surface area contributed by atoms with Crippen molar-refractivity contribution in [2.75, 3.05) is 0 Å². The summed E-state index contributed by atoms with van der Waals surface area (Å²) < 4.78 is 2.28. The highest BCUT2D eigenvalue weighted by Gasteiger charge is 2.18. The number of thiophene rings is 1. The first-order valence-corrected chi connectivity index (χ1v) is 7.65. The van der Waals surface area contributed by atoms with Gasteiger partial charge in [0, 0.05) is 10.6 Å². The lowest BCUT2D eigenvalue weighted by Gasteiger charge is -2.14. The number of rotatable bonds is 3. The third kappa shape index (κ3) is 2.36. The molecule has 2 aromatic rings. The molecule has 0 unspecified atom stereocenters. The number of aromatic nitrogens is 2. The van der Waals surface area contributed by atoms with Gasteiger partial charge in [-0.05, 0) is 44.7 Å². The first kappa shape index (κ1) is 13.3. The lowest BCUT2D eigenvalue weighted by Crippen LogP contribution is -2.29. The van der Waals surface area contributed by atoms with Crippen LogP contribution in [0.1, 0.15) is 44.6 Å². The van der Waals surface area contributed by atoms with Crippen molar-refractivity contribution < 1.29 is 4.79 Å². The van der Waals surface area contributed by atoms with E-state index in [1.54, 1.807) is 0 Å². The van der Waals surface area contributed by atoms with Gasteiger partial charge in [0.25, 0.3) is 5.91 Å². The van der Waals surface area contributed by atoms with E-state index in [9.17, 15) is 4.79 Å². The van der Waals surface area contributed by atoms with Crippen molar-refractivity contribution in [2.45, 2.75) is 39.2 Å². The first-order valence-electron chi connectivity index (χ1n) is 6.83. The zero-order chi connectivity index (χ0) is 14.1. The van der Waals surface area contributed by atoms with Gasteiger partial charge in [-0.15, -0.1) is 11.3 Å². The summed E-state index contributed by atoms with van der Waals surface area (Å²) in [6.45, 7) is 2.84. The maximum absolute atomic E-state index is 11.5. The van der Waals surface area contributed by atoms with E-state index in [-0.39, 0.29) is 5.91 Å². The summed E-state index contributed by atoms with van der Waals surface area (Å²) in [7, 11) is 0. The van der Waals surface area contributed by atoms with Crippen LogP contribution in [0.2, 0.25) is 0 Å². The van der Waals surface area contributed by atoms with E-state index in [4.69, 9.17) is 5.84 Å². The number of hydrogen-bond donors (Lipinski definition) is 2. The molecule has 0 radical (unpaired) electrons. The number of carbonyl (C=O) groups excluding carboxylic acids is 1. The maximum atomic E-state index is 11.5. The molecule has 0 atom stereocenters. The number of nitrogens with one attached hydrogen (secondary N) is 1. The summed E-state index contributed by atoms with van der Waals surface area (Å²) in [6.07, 6.45) is 4.68. The monoisotopic (exact) mass is 290 g/mol. The molecule has 1 amide bonds. The van der Waals surface area contributed by atoms with E-state index >= 15 is 0 Å². The quantitative estimate of drug-likeness (QED) is 0.514. The largest absolute Gasteiger partial charge is 0.327 e. The van der Waals surface area contributed by atoms with Gasteiger partial charge in [-0.25, -0.2) is 10.8 Å². The first-order chi connectivity index (χ1) is 9.69. The van der Waals surface area contributed by atoms with Crippen LogP contribution in [0.5, 0.6) is 0 Å². The third-order valence-corrected chi connectivity index (χ3v) is 4.82. The van der Waals surface area contributed by atoms with Crippen molar-refractivity contribution >= 4 is 17.2 Å². The highest BCUT2D eigenvalue weighted by molar-refractivity contribution is 7.14. The summed E-state index contributed by atoms with van der Waals surface area (Å²) >= 11 is 1.48. The van der Waals surface area contributed by atoms with Crippen molar-refractivity contribution in [1.82, 2.24) is 15.0 Å². The van der Waals surface area contributed by atoms with E-state index in [1.165, 1.54) is 35.6 Å². The fourth-order valence-corrected chi connectivity index (χ4v) is 3.66. The SMILES string of the molecule is Cc1nc2c(n1Cc1ccc(C(=O)NN)s1)CCCC2. The van der Waals surface area contributed by atoms with Crippen molar-refractivity contribution in [3.63, 3.8) is 0 Å². The number of fused-ring (bicyclic) bond motifs is 1. The summed E-state index contributed by atoms with van der Waals surface area (Å²) in [5, 5.41) is 0. The van der Waals surface area contributed by atoms with Gasteiger partial charge in [0.1, 0.15) is 5.82 Å². The van der Waals surface area contributed by atoms with Gasteiger partial charge in [0.05, 0.1) is 17.1 Å². The number of aryl methyl sites for hydroxylation is 2. The summed E-state index contributed by atoms with van der Waals surface area (Å²) in [6, 6.07) is 3.81. The molecule has 0 aliphatic heterocycles. The van der Waals surface area contributed by atoms with Crippen LogP contribution in [0, 0.1) is 6.92 Å². The second-order valence-corrected chi connectivity index (χ2v) is 6.25. The van der Waals surface area contributed by atoms with Crippen LogP contribution in [0.4, 0.5) is 0 Å². The Balaban J connectivity index is 1.86.